The minimum atomic E-state index is -0.488. The molecule has 1 fully saturated rings. The van der Waals surface area contributed by atoms with Gasteiger partial charge in [-0.1, -0.05) is 12.1 Å². The van der Waals surface area contributed by atoms with Gasteiger partial charge in [0.05, 0.1) is 0 Å². The number of piperazine rings is 1. The Labute approximate surface area is 144 Å². The van der Waals surface area contributed by atoms with Gasteiger partial charge < -0.3 is 20.0 Å². The van der Waals surface area contributed by atoms with E-state index in [4.69, 9.17) is 0 Å². The van der Waals surface area contributed by atoms with Gasteiger partial charge in [-0.2, -0.15) is 0 Å². The van der Waals surface area contributed by atoms with Gasteiger partial charge in [-0.3, -0.25) is 9.59 Å². The van der Waals surface area contributed by atoms with E-state index in [0.717, 1.165) is 26.1 Å². The van der Waals surface area contributed by atoms with Crippen LogP contribution in [0.25, 0.3) is 0 Å². The predicted octanol–water partition coefficient (Wildman–Crippen LogP) is 0.712. The van der Waals surface area contributed by atoms with Crippen LogP contribution in [-0.4, -0.2) is 75.0 Å². The zero-order valence-electron chi connectivity index (χ0n) is 14.9. The van der Waals surface area contributed by atoms with Crippen LogP contribution in [0.3, 0.4) is 0 Å². The lowest BCUT2D eigenvalue weighted by Crippen LogP contribution is -2.52. The molecule has 6 heteroatoms. The Morgan fingerprint density at radius 2 is 1.88 bits per heavy atom. The Bertz CT molecular complexity index is 566. The molecule has 0 unspecified atom stereocenters. The molecule has 0 atom stereocenters. The van der Waals surface area contributed by atoms with Gasteiger partial charge >= 0.3 is 11.8 Å². The lowest BCUT2D eigenvalue weighted by Gasteiger charge is -2.35. The number of benzene rings is 1. The molecule has 2 amide bonds. The summed E-state index contributed by atoms with van der Waals surface area (Å²) >= 11 is 0. The molecule has 24 heavy (non-hydrogen) atoms. The highest BCUT2D eigenvalue weighted by Gasteiger charge is 2.25. The van der Waals surface area contributed by atoms with E-state index in [2.05, 4.69) is 40.2 Å². The van der Waals surface area contributed by atoms with Crippen LogP contribution in [0.5, 0.6) is 0 Å². The van der Waals surface area contributed by atoms with Crippen molar-refractivity contribution in [3.05, 3.63) is 29.8 Å². The van der Waals surface area contributed by atoms with Crippen molar-refractivity contribution >= 4 is 17.5 Å². The molecule has 0 saturated carbocycles. The summed E-state index contributed by atoms with van der Waals surface area (Å²) in [5, 5.41) is 2.72. The van der Waals surface area contributed by atoms with E-state index in [9.17, 15) is 9.59 Å². The second kappa shape index (κ2) is 8.68. The molecule has 1 aromatic rings. The number of carbonyl (C=O) groups is 2. The Morgan fingerprint density at radius 3 is 2.50 bits per heavy atom. The van der Waals surface area contributed by atoms with Crippen molar-refractivity contribution in [2.75, 3.05) is 58.3 Å². The van der Waals surface area contributed by atoms with E-state index in [1.54, 1.807) is 4.90 Å². The number of nitrogens with one attached hydrogen (secondary N) is 1. The Balaban J connectivity index is 1.77. The smallest absolute Gasteiger partial charge is 0.312 e. The first kappa shape index (κ1) is 18.3. The average Bonchev–Trinajstić information content (AvgIpc) is 2.58. The Hall–Kier alpha value is -2.08. The summed E-state index contributed by atoms with van der Waals surface area (Å²) in [5.74, 6) is -0.901. The van der Waals surface area contributed by atoms with Crippen LogP contribution in [0.1, 0.15) is 12.0 Å². The summed E-state index contributed by atoms with van der Waals surface area (Å²) in [6, 6.07) is 8.35. The number of hydrogen-bond acceptors (Lipinski definition) is 4. The number of anilines is 1. The van der Waals surface area contributed by atoms with Crippen LogP contribution in [0.2, 0.25) is 0 Å². The van der Waals surface area contributed by atoms with E-state index >= 15 is 0 Å². The van der Waals surface area contributed by atoms with Crippen molar-refractivity contribution in [2.24, 2.45) is 0 Å². The van der Waals surface area contributed by atoms with Crippen LogP contribution in [-0.2, 0) is 9.59 Å². The molecule has 1 N–H and O–H groups in total. The molecule has 0 bridgehead atoms. The number of aryl methyl sites for hydroxylation is 1. The maximum Gasteiger partial charge on any atom is 0.312 e. The number of nitrogens with zero attached hydrogens (tertiary/aromatic N) is 3. The van der Waals surface area contributed by atoms with E-state index in [0.29, 0.717) is 19.6 Å². The van der Waals surface area contributed by atoms with Crippen molar-refractivity contribution < 1.29 is 9.59 Å². The van der Waals surface area contributed by atoms with Crippen molar-refractivity contribution in [1.29, 1.82) is 0 Å². The molecular formula is C18H28N4O2. The van der Waals surface area contributed by atoms with Gasteiger partial charge in [-0.15, -0.1) is 0 Å². The lowest BCUT2D eigenvalue weighted by atomic mass is 10.2. The van der Waals surface area contributed by atoms with Crippen molar-refractivity contribution in [2.45, 2.75) is 13.3 Å². The fourth-order valence-electron chi connectivity index (χ4n) is 2.81. The van der Waals surface area contributed by atoms with Gasteiger partial charge in [0.15, 0.2) is 0 Å². The van der Waals surface area contributed by atoms with Crippen LogP contribution < -0.4 is 10.2 Å². The molecule has 0 aromatic heterocycles. The standard InChI is InChI=1S/C18H28N4O2/c1-15-6-4-7-16(14-15)21-10-12-22(13-11-21)18(24)17(23)19-8-5-9-20(2)3/h4,6-7,14H,5,8-13H2,1-3H3,(H,19,23). The second-order valence-corrected chi connectivity index (χ2v) is 6.53. The first-order valence-corrected chi connectivity index (χ1v) is 8.51. The minimum Gasteiger partial charge on any atom is -0.368 e. The molecule has 1 saturated heterocycles. The van der Waals surface area contributed by atoms with E-state index in [1.807, 2.05) is 20.2 Å². The topological polar surface area (TPSA) is 55.9 Å². The lowest BCUT2D eigenvalue weighted by molar-refractivity contribution is -0.146. The minimum absolute atomic E-state index is 0.413. The highest BCUT2D eigenvalue weighted by Crippen LogP contribution is 2.17. The summed E-state index contributed by atoms with van der Waals surface area (Å²) in [7, 11) is 3.97. The third-order valence-electron chi connectivity index (χ3n) is 4.20. The molecule has 0 aliphatic carbocycles. The van der Waals surface area contributed by atoms with Crippen molar-refractivity contribution in [3.63, 3.8) is 0 Å². The summed E-state index contributed by atoms with van der Waals surface area (Å²) in [4.78, 5) is 30.1. The number of rotatable bonds is 5. The zero-order valence-corrected chi connectivity index (χ0v) is 14.9. The highest BCUT2D eigenvalue weighted by atomic mass is 16.2. The Morgan fingerprint density at radius 1 is 1.17 bits per heavy atom. The molecular weight excluding hydrogens is 304 g/mol. The van der Waals surface area contributed by atoms with Gasteiger partial charge in [-0.25, -0.2) is 0 Å². The fourth-order valence-corrected chi connectivity index (χ4v) is 2.81. The van der Waals surface area contributed by atoms with Gasteiger partial charge in [0.25, 0.3) is 0 Å². The van der Waals surface area contributed by atoms with Crippen LogP contribution in [0.4, 0.5) is 5.69 Å². The Kier molecular flexibility index (Phi) is 6.61. The third-order valence-corrected chi connectivity index (χ3v) is 4.20. The normalized spacial score (nSPS) is 14.8. The maximum absolute atomic E-state index is 12.2. The largest absolute Gasteiger partial charge is 0.368 e. The summed E-state index contributed by atoms with van der Waals surface area (Å²) in [6.07, 6.45) is 0.840. The SMILES string of the molecule is Cc1cccc(N2CCN(C(=O)C(=O)NCCCN(C)C)CC2)c1. The molecule has 1 aromatic carbocycles. The van der Waals surface area contributed by atoms with E-state index in [1.165, 1.54) is 11.3 Å². The summed E-state index contributed by atoms with van der Waals surface area (Å²) in [6.45, 7) is 6.17. The molecule has 0 radical (unpaired) electrons. The second-order valence-electron chi connectivity index (χ2n) is 6.53. The molecule has 6 nitrogen and oxygen atoms in total. The molecule has 1 aliphatic heterocycles. The quantitative estimate of drug-likeness (QED) is 0.637. The first-order valence-electron chi connectivity index (χ1n) is 8.51. The average molecular weight is 332 g/mol. The summed E-state index contributed by atoms with van der Waals surface area (Å²) in [5.41, 5.74) is 2.40. The molecule has 1 aliphatic rings. The third kappa shape index (κ3) is 5.23. The summed E-state index contributed by atoms with van der Waals surface area (Å²) < 4.78 is 0. The number of hydrogen-bond donors (Lipinski definition) is 1. The van der Waals surface area contributed by atoms with Crippen LogP contribution in [0, 0.1) is 6.92 Å². The van der Waals surface area contributed by atoms with E-state index in [-0.39, 0.29) is 0 Å². The predicted molar refractivity (Wildman–Crippen MR) is 96.2 cm³/mol. The number of carbonyl (C=O) groups excluding carboxylic acids is 2. The number of amides is 2. The monoisotopic (exact) mass is 332 g/mol. The maximum atomic E-state index is 12.2. The highest BCUT2D eigenvalue weighted by molar-refractivity contribution is 6.35. The zero-order chi connectivity index (χ0) is 17.5. The molecule has 1 heterocycles. The van der Waals surface area contributed by atoms with Crippen molar-refractivity contribution in [1.82, 2.24) is 15.1 Å². The van der Waals surface area contributed by atoms with Gasteiger partial charge in [0.1, 0.15) is 0 Å². The van der Waals surface area contributed by atoms with Crippen LogP contribution in [0.15, 0.2) is 24.3 Å². The first-order chi connectivity index (χ1) is 11.5. The van der Waals surface area contributed by atoms with Gasteiger partial charge in [0.2, 0.25) is 0 Å². The van der Waals surface area contributed by atoms with Crippen LogP contribution >= 0.6 is 0 Å². The van der Waals surface area contributed by atoms with Crippen molar-refractivity contribution in [3.8, 4) is 0 Å². The molecule has 132 valence electrons. The molecule has 0 spiro atoms. The fraction of sp³-hybridized carbons (Fsp3) is 0.556. The van der Waals surface area contributed by atoms with Gasteiger partial charge in [0, 0.05) is 38.4 Å². The van der Waals surface area contributed by atoms with E-state index < -0.39 is 11.8 Å². The van der Waals surface area contributed by atoms with Gasteiger partial charge in [-0.05, 0) is 51.7 Å². The molecule has 2 rings (SSSR count).